The van der Waals surface area contributed by atoms with Crippen LogP contribution in [0.4, 0.5) is 0 Å². The second-order valence-corrected chi connectivity index (χ2v) is 7.62. The van der Waals surface area contributed by atoms with Gasteiger partial charge in [0, 0.05) is 5.92 Å². The van der Waals surface area contributed by atoms with Crippen molar-refractivity contribution in [2.24, 2.45) is 5.92 Å². The van der Waals surface area contributed by atoms with Gasteiger partial charge in [0.25, 0.3) is 0 Å². The van der Waals surface area contributed by atoms with Crippen LogP contribution in [0.1, 0.15) is 82.8 Å². The van der Waals surface area contributed by atoms with Gasteiger partial charge in [-0.3, -0.25) is 0 Å². The standard InChI is InChI=1S/C23H38O2/c1-3-5-7-13-23-24-18-22(19-25-23)12-9-8-11-21-16-14-20(15-17-21)10-6-4-2/h14-17,22-23H,3-13,18-19H2,1-2H3. The Morgan fingerprint density at radius 2 is 1.28 bits per heavy atom. The molecule has 1 aromatic rings. The van der Waals surface area contributed by atoms with Gasteiger partial charge in [-0.25, -0.2) is 0 Å². The Labute approximate surface area is 155 Å². The van der Waals surface area contributed by atoms with E-state index in [4.69, 9.17) is 9.47 Å². The second-order valence-electron chi connectivity index (χ2n) is 7.62. The molecule has 2 rings (SSSR count). The lowest BCUT2D eigenvalue weighted by atomic mass is 9.99. The van der Waals surface area contributed by atoms with Crippen molar-refractivity contribution in [3.63, 3.8) is 0 Å². The largest absolute Gasteiger partial charge is 0.352 e. The number of hydrogen-bond acceptors (Lipinski definition) is 2. The normalized spacial score (nSPS) is 20.7. The maximum atomic E-state index is 5.88. The fourth-order valence-electron chi connectivity index (χ4n) is 3.49. The van der Waals surface area contributed by atoms with Crippen molar-refractivity contribution >= 4 is 0 Å². The predicted octanol–water partition coefficient (Wildman–Crippen LogP) is 6.31. The van der Waals surface area contributed by atoms with E-state index in [1.807, 2.05) is 0 Å². The van der Waals surface area contributed by atoms with Crippen molar-refractivity contribution in [2.45, 2.75) is 90.8 Å². The number of hydrogen-bond donors (Lipinski definition) is 0. The molecular weight excluding hydrogens is 308 g/mol. The summed E-state index contributed by atoms with van der Waals surface area (Å²) in [5.41, 5.74) is 2.96. The summed E-state index contributed by atoms with van der Waals surface area (Å²) in [4.78, 5) is 0. The highest BCUT2D eigenvalue weighted by Crippen LogP contribution is 2.21. The molecule has 1 fully saturated rings. The lowest BCUT2D eigenvalue weighted by Gasteiger charge is -2.29. The lowest BCUT2D eigenvalue weighted by molar-refractivity contribution is -0.204. The highest BCUT2D eigenvalue weighted by atomic mass is 16.7. The molecule has 0 radical (unpaired) electrons. The van der Waals surface area contributed by atoms with Crippen molar-refractivity contribution in [1.82, 2.24) is 0 Å². The molecule has 0 amide bonds. The molecule has 0 saturated carbocycles. The van der Waals surface area contributed by atoms with E-state index in [1.165, 1.54) is 75.3 Å². The quantitative estimate of drug-likeness (QED) is 0.413. The Balaban J connectivity index is 1.53. The zero-order chi connectivity index (χ0) is 17.7. The van der Waals surface area contributed by atoms with Crippen LogP contribution in [0, 0.1) is 5.92 Å². The van der Waals surface area contributed by atoms with E-state index in [2.05, 4.69) is 38.1 Å². The first-order valence-electron chi connectivity index (χ1n) is 10.6. The van der Waals surface area contributed by atoms with E-state index in [1.54, 1.807) is 0 Å². The topological polar surface area (TPSA) is 18.5 Å². The Morgan fingerprint density at radius 3 is 1.88 bits per heavy atom. The molecule has 2 nitrogen and oxygen atoms in total. The highest BCUT2D eigenvalue weighted by molar-refractivity contribution is 5.22. The van der Waals surface area contributed by atoms with Gasteiger partial charge in [-0.1, -0.05) is 63.8 Å². The highest BCUT2D eigenvalue weighted by Gasteiger charge is 2.21. The zero-order valence-corrected chi connectivity index (χ0v) is 16.5. The molecule has 1 aliphatic heterocycles. The summed E-state index contributed by atoms with van der Waals surface area (Å²) in [5.74, 6) is 0.596. The van der Waals surface area contributed by atoms with Gasteiger partial charge in [0.2, 0.25) is 0 Å². The maximum absolute atomic E-state index is 5.88. The maximum Gasteiger partial charge on any atom is 0.157 e. The molecule has 1 saturated heterocycles. The molecule has 142 valence electrons. The zero-order valence-electron chi connectivity index (χ0n) is 16.5. The molecule has 25 heavy (non-hydrogen) atoms. The molecule has 0 unspecified atom stereocenters. The fourth-order valence-corrected chi connectivity index (χ4v) is 3.49. The summed E-state index contributed by atoms with van der Waals surface area (Å²) in [6.07, 6.45) is 13.7. The van der Waals surface area contributed by atoms with Crippen molar-refractivity contribution in [2.75, 3.05) is 13.2 Å². The van der Waals surface area contributed by atoms with Crippen molar-refractivity contribution in [3.05, 3.63) is 35.4 Å². The van der Waals surface area contributed by atoms with Crippen LogP contribution in [0.15, 0.2) is 24.3 Å². The van der Waals surface area contributed by atoms with E-state index < -0.39 is 0 Å². The lowest BCUT2D eigenvalue weighted by Crippen LogP contribution is -2.32. The van der Waals surface area contributed by atoms with E-state index >= 15 is 0 Å². The van der Waals surface area contributed by atoms with Crippen LogP contribution in [-0.4, -0.2) is 19.5 Å². The molecule has 0 aromatic heterocycles. The summed E-state index contributed by atoms with van der Waals surface area (Å²) in [5, 5.41) is 0. The van der Waals surface area contributed by atoms with Gasteiger partial charge < -0.3 is 9.47 Å². The number of unbranched alkanes of at least 4 members (excludes halogenated alkanes) is 4. The summed E-state index contributed by atoms with van der Waals surface area (Å²) in [7, 11) is 0. The van der Waals surface area contributed by atoms with Gasteiger partial charge >= 0.3 is 0 Å². The van der Waals surface area contributed by atoms with Gasteiger partial charge in [-0.2, -0.15) is 0 Å². The summed E-state index contributed by atoms with van der Waals surface area (Å²) in [6.45, 7) is 6.27. The van der Waals surface area contributed by atoms with Gasteiger partial charge in [0.15, 0.2) is 6.29 Å². The Hall–Kier alpha value is -0.860. The minimum Gasteiger partial charge on any atom is -0.352 e. The van der Waals surface area contributed by atoms with Crippen molar-refractivity contribution in [3.8, 4) is 0 Å². The van der Waals surface area contributed by atoms with Crippen LogP contribution in [0.3, 0.4) is 0 Å². The number of benzene rings is 1. The second kappa shape index (κ2) is 12.5. The smallest absolute Gasteiger partial charge is 0.157 e. The molecular formula is C23H38O2. The predicted molar refractivity (Wildman–Crippen MR) is 106 cm³/mol. The average molecular weight is 347 g/mol. The summed E-state index contributed by atoms with van der Waals surface area (Å²) < 4.78 is 11.8. The Kier molecular flexibility index (Phi) is 10.2. The molecule has 0 bridgehead atoms. The first-order valence-corrected chi connectivity index (χ1v) is 10.6. The molecule has 2 heteroatoms. The van der Waals surface area contributed by atoms with E-state index in [0.29, 0.717) is 5.92 Å². The van der Waals surface area contributed by atoms with Crippen LogP contribution in [-0.2, 0) is 22.3 Å². The average Bonchev–Trinajstić information content (AvgIpc) is 2.66. The minimum absolute atomic E-state index is 0.0639. The fraction of sp³-hybridized carbons (Fsp3) is 0.739. The first kappa shape index (κ1) is 20.5. The van der Waals surface area contributed by atoms with Gasteiger partial charge in [-0.05, 0) is 56.1 Å². The van der Waals surface area contributed by atoms with Crippen molar-refractivity contribution < 1.29 is 9.47 Å². The first-order chi connectivity index (χ1) is 12.3. The summed E-state index contributed by atoms with van der Waals surface area (Å²) in [6, 6.07) is 9.26. The van der Waals surface area contributed by atoms with Gasteiger partial charge in [-0.15, -0.1) is 0 Å². The van der Waals surface area contributed by atoms with Crippen LogP contribution in [0.25, 0.3) is 0 Å². The van der Waals surface area contributed by atoms with E-state index in [0.717, 1.165) is 19.6 Å². The molecule has 1 aromatic carbocycles. The molecule has 0 spiro atoms. The Bertz CT molecular complexity index is 432. The molecule has 0 N–H and O–H groups in total. The van der Waals surface area contributed by atoms with Crippen LogP contribution in [0.5, 0.6) is 0 Å². The third-order valence-electron chi connectivity index (χ3n) is 5.25. The third kappa shape index (κ3) is 8.37. The third-order valence-corrected chi connectivity index (χ3v) is 5.25. The van der Waals surface area contributed by atoms with Gasteiger partial charge in [0.1, 0.15) is 0 Å². The molecule has 0 aliphatic carbocycles. The minimum atomic E-state index is 0.0639. The van der Waals surface area contributed by atoms with E-state index in [-0.39, 0.29) is 6.29 Å². The van der Waals surface area contributed by atoms with Crippen LogP contribution < -0.4 is 0 Å². The number of aryl methyl sites for hydroxylation is 2. The van der Waals surface area contributed by atoms with Gasteiger partial charge in [0.05, 0.1) is 13.2 Å². The van der Waals surface area contributed by atoms with E-state index in [9.17, 15) is 0 Å². The molecule has 1 heterocycles. The van der Waals surface area contributed by atoms with Crippen LogP contribution >= 0.6 is 0 Å². The van der Waals surface area contributed by atoms with Crippen LogP contribution in [0.2, 0.25) is 0 Å². The molecule has 1 aliphatic rings. The Morgan fingerprint density at radius 1 is 0.720 bits per heavy atom. The number of rotatable bonds is 12. The van der Waals surface area contributed by atoms with Crippen molar-refractivity contribution in [1.29, 1.82) is 0 Å². The summed E-state index contributed by atoms with van der Waals surface area (Å²) >= 11 is 0. The number of ether oxygens (including phenoxy) is 2. The monoisotopic (exact) mass is 346 g/mol. The molecule has 0 atom stereocenters. The SMILES string of the molecule is CCCCCC1OCC(CCCCc2ccc(CCCC)cc2)CO1.